The minimum absolute atomic E-state index is 0.118. The summed E-state index contributed by atoms with van der Waals surface area (Å²) in [6.45, 7) is 1.99. The Hall–Kier alpha value is -3.19. The first-order chi connectivity index (χ1) is 13.6. The van der Waals surface area contributed by atoms with Gasteiger partial charge in [0.1, 0.15) is 5.69 Å². The topological polar surface area (TPSA) is 96.7 Å². The second-order valence-corrected chi connectivity index (χ2v) is 7.00. The van der Waals surface area contributed by atoms with Gasteiger partial charge in [-0.3, -0.25) is 9.89 Å². The van der Waals surface area contributed by atoms with Gasteiger partial charge < -0.3 is 9.84 Å². The van der Waals surface area contributed by atoms with E-state index in [2.05, 4.69) is 25.7 Å². The van der Waals surface area contributed by atoms with E-state index in [9.17, 15) is 4.79 Å². The Bertz CT molecular complexity index is 1030. The molecular formula is C20H18ClN5O2. The monoisotopic (exact) mass is 395 g/mol. The van der Waals surface area contributed by atoms with Crippen LogP contribution in [0.15, 0.2) is 70.8 Å². The van der Waals surface area contributed by atoms with Crippen LogP contribution in [0.5, 0.6) is 0 Å². The van der Waals surface area contributed by atoms with Crippen LogP contribution in [0.4, 0.5) is 0 Å². The van der Waals surface area contributed by atoms with Crippen LogP contribution in [0.2, 0.25) is 0 Å². The molecule has 0 aliphatic heterocycles. The first-order valence-electron chi connectivity index (χ1n) is 8.86. The second-order valence-electron chi connectivity index (χ2n) is 6.53. The van der Waals surface area contributed by atoms with Gasteiger partial charge in [-0.1, -0.05) is 48.5 Å². The van der Waals surface area contributed by atoms with E-state index in [1.807, 2.05) is 49.4 Å². The van der Waals surface area contributed by atoms with E-state index >= 15 is 0 Å². The number of alkyl halides is 1. The molecule has 0 bridgehead atoms. The predicted molar refractivity (Wildman–Crippen MR) is 106 cm³/mol. The zero-order valence-electron chi connectivity index (χ0n) is 15.1. The van der Waals surface area contributed by atoms with Crippen LogP contribution in [-0.4, -0.2) is 31.6 Å². The maximum atomic E-state index is 12.6. The molecule has 4 rings (SSSR count). The summed E-state index contributed by atoms with van der Waals surface area (Å²) < 4.78 is 4.75. The maximum Gasteiger partial charge on any atom is 0.253 e. The van der Waals surface area contributed by atoms with Gasteiger partial charge in [0.05, 0.1) is 11.1 Å². The van der Waals surface area contributed by atoms with E-state index in [0.29, 0.717) is 23.5 Å². The van der Waals surface area contributed by atoms with Crippen molar-refractivity contribution in [3.63, 3.8) is 0 Å². The van der Waals surface area contributed by atoms with Crippen LogP contribution in [0.25, 0.3) is 17.1 Å². The third-order valence-corrected chi connectivity index (χ3v) is 5.20. The Balaban J connectivity index is 1.45. The molecule has 0 fully saturated rings. The molecular weight excluding hydrogens is 378 g/mol. The summed E-state index contributed by atoms with van der Waals surface area (Å²) in [6.07, 6.45) is 15.3. The van der Waals surface area contributed by atoms with Crippen LogP contribution in [0.3, 0.4) is 0 Å². The number of aromatic amines is 1. The molecule has 2 atom stereocenters. The van der Waals surface area contributed by atoms with Crippen molar-refractivity contribution >= 4 is 23.1 Å². The third kappa shape index (κ3) is 3.75. The van der Waals surface area contributed by atoms with Gasteiger partial charge in [0.15, 0.2) is 0 Å². The van der Waals surface area contributed by atoms with E-state index in [0.717, 1.165) is 17.0 Å². The molecule has 0 saturated heterocycles. The summed E-state index contributed by atoms with van der Waals surface area (Å²) in [6, 6.07) is 1.85. The van der Waals surface area contributed by atoms with Crippen LogP contribution in [0.1, 0.15) is 19.0 Å². The highest BCUT2D eigenvalue weighted by Crippen LogP contribution is 2.26. The molecule has 0 radical (unpaired) electrons. The van der Waals surface area contributed by atoms with Gasteiger partial charge in [-0.15, -0.1) is 11.6 Å². The van der Waals surface area contributed by atoms with E-state index in [-0.39, 0.29) is 17.2 Å². The number of allylic oxidation sites excluding steroid dienone is 8. The van der Waals surface area contributed by atoms with Crippen molar-refractivity contribution in [2.24, 2.45) is 5.92 Å². The van der Waals surface area contributed by atoms with Crippen LogP contribution in [-0.2, 0) is 4.79 Å². The van der Waals surface area contributed by atoms with Gasteiger partial charge in [-0.05, 0) is 30.1 Å². The van der Waals surface area contributed by atoms with Crippen LogP contribution in [0, 0.1) is 5.92 Å². The highest BCUT2D eigenvalue weighted by Gasteiger charge is 2.25. The fourth-order valence-electron chi connectivity index (χ4n) is 3.00. The summed E-state index contributed by atoms with van der Waals surface area (Å²) in [4.78, 5) is 16.6. The van der Waals surface area contributed by atoms with Crippen molar-refractivity contribution in [3.8, 4) is 11.5 Å². The lowest BCUT2D eigenvalue weighted by molar-refractivity contribution is -0.116. The lowest BCUT2D eigenvalue weighted by Crippen LogP contribution is -2.30. The minimum atomic E-state index is -0.332. The molecule has 0 saturated carbocycles. The normalized spacial score (nSPS) is 21.6. The van der Waals surface area contributed by atoms with Crippen molar-refractivity contribution in [1.82, 2.24) is 25.7 Å². The first-order valence-corrected chi connectivity index (χ1v) is 9.30. The highest BCUT2D eigenvalue weighted by molar-refractivity contribution is 6.26. The van der Waals surface area contributed by atoms with Gasteiger partial charge in [0.2, 0.25) is 12.2 Å². The SMILES string of the molecule is CC1C=CC=C(C(=O)NC2=CCC=C(c3cc(-c4ncon4)[nH]n3)C=C2)C1Cl. The van der Waals surface area contributed by atoms with Gasteiger partial charge in [-0.2, -0.15) is 10.1 Å². The number of carbonyl (C=O) groups is 1. The van der Waals surface area contributed by atoms with Crippen molar-refractivity contribution in [2.45, 2.75) is 18.7 Å². The van der Waals surface area contributed by atoms with Gasteiger partial charge in [-0.25, -0.2) is 0 Å². The number of nitrogens with zero attached hydrogens (tertiary/aromatic N) is 3. The lowest BCUT2D eigenvalue weighted by Gasteiger charge is -2.20. The standard InChI is InChI=1S/C20H18ClN5O2/c1-12-4-2-7-15(18(12)21)20(27)23-14-6-3-5-13(8-9-14)16-10-17(25-24-16)19-22-11-28-26-19/h2,4-12,18H,3H2,1H3,(H,23,27)(H,24,25). The Morgan fingerprint density at radius 3 is 3.07 bits per heavy atom. The quantitative estimate of drug-likeness (QED) is 0.772. The van der Waals surface area contributed by atoms with E-state index < -0.39 is 0 Å². The molecule has 142 valence electrons. The fourth-order valence-corrected chi connectivity index (χ4v) is 3.25. The number of rotatable bonds is 4. The first kappa shape index (κ1) is 18.2. The largest absolute Gasteiger partial charge is 0.342 e. The maximum absolute atomic E-state index is 12.6. The second kappa shape index (κ2) is 7.82. The molecule has 28 heavy (non-hydrogen) atoms. The molecule has 2 N–H and O–H groups in total. The number of H-pyrrole nitrogens is 1. The summed E-state index contributed by atoms with van der Waals surface area (Å²) in [5.41, 5.74) is 3.64. The van der Waals surface area contributed by atoms with Gasteiger partial charge in [0, 0.05) is 11.3 Å². The van der Waals surface area contributed by atoms with Crippen molar-refractivity contribution in [2.75, 3.05) is 0 Å². The molecule has 0 spiro atoms. The van der Waals surface area contributed by atoms with Gasteiger partial charge >= 0.3 is 0 Å². The fraction of sp³-hybridized carbons (Fsp3) is 0.200. The molecule has 2 heterocycles. The number of nitrogens with one attached hydrogen (secondary N) is 2. The number of hydrogen-bond donors (Lipinski definition) is 2. The summed E-state index contributed by atoms with van der Waals surface area (Å²) in [7, 11) is 0. The van der Waals surface area contributed by atoms with Crippen LogP contribution >= 0.6 is 11.6 Å². The van der Waals surface area contributed by atoms with Gasteiger partial charge in [0.25, 0.3) is 5.91 Å². The third-order valence-electron chi connectivity index (χ3n) is 4.56. The molecule has 2 aliphatic rings. The van der Waals surface area contributed by atoms with E-state index in [1.165, 1.54) is 6.39 Å². The highest BCUT2D eigenvalue weighted by atomic mass is 35.5. The average Bonchev–Trinajstić information content (AvgIpc) is 3.33. The molecule has 2 unspecified atom stereocenters. The van der Waals surface area contributed by atoms with Crippen molar-refractivity contribution in [1.29, 1.82) is 0 Å². The summed E-state index contributed by atoms with van der Waals surface area (Å²) in [5, 5.41) is 13.6. The molecule has 2 aromatic rings. The Labute approximate surface area is 166 Å². The number of aromatic nitrogens is 4. The van der Waals surface area contributed by atoms with Crippen LogP contribution < -0.4 is 5.32 Å². The average molecular weight is 396 g/mol. The van der Waals surface area contributed by atoms with Crippen molar-refractivity contribution < 1.29 is 9.32 Å². The lowest BCUT2D eigenvalue weighted by atomic mass is 9.94. The summed E-state index contributed by atoms with van der Waals surface area (Å²) in [5.74, 6) is 0.379. The molecule has 1 amide bonds. The smallest absolute Gasteiger partial charge is 0.253 e. The molecule has 2 aromatic heterocycles. The molecule has 7 nitrogen and oxygen atoms in total. The number of amides is 1. The zero-order valence-corrected chi connectivity index (χ0v) is 15.8. The Morgan fingerprint density at radius 1 is 1.36 bits per heavy atom. The Morgan fingerprint density at radius 2 is 2.25 bits per heavy atom. The minimum Gasteiger partial charge on any atom is -0.342 e. The summed E-state index contributed by atoms with van der Waals surface area (Å²) >= 11 is 6.37. The Kier molecular flexibility index (Phi) is 5.08. The number of carbonyl (C=O) groups excluding carboxylic acids is 1. The predicted octanol–water partition coefficient (Wildman–Crippen LogP) is 3.54. The molecule has 0 aromatic carbocycles. The molecule has 8 heteroatoms. The van der Waals surface area contributed by atoms with E-state index in [4.69, 9.17) is 16.1 Å². The number of hydrogen-bond acceptors (Lipinski definition) is 5. The zero-order chi connectivity index (χ0) is 19.5. The van der Waals surface area contributed by atoms with Crippen molar-refractivity contribution in [3.05, 3.63) is 72.0 Å². The number of halogens is 1. The molecule has 2 aliphatic carbocycles. The van der Waals surface area contributed by atoms with E-state index in [1.54, 1.807) is 6.08 Å².